The van der Waals surface area contributed by atoms with Gasteiger partial charge in [-0.25, -0.2) is 0 Å². The van der Waals surface area contributed by atoms with Crippen LogP contribution < -0.4 is 4.74 Å². The number of nitro groups is 1. The van der Waals surface area contributed by atoms with Crippen molar-refractivity contribution in [3.05, 3.63) is 33.9 Å². The van der Waals surface area contributed by atoms with Gasteiger partial charge >= 0.3 is 0 Å². The van der Waals surface area contributed by atoms with Gasteiger partial charge in [0.2, 0.25) is 5.90 Å². The Labute approximate surface area is 116 Å². The van der Waals surface area contributed by atoms with Crippen LogP contribution in [0.25, 0.3) is 0 Å². The van der Waals surface area contributed by atoms with Gasteiger partial charge in [0.05, 0.1) is 18.6 Å². The van der Waals surface area contributed by atoms with Gasteiger partial charge in [0.1, 0.15) is 11.3 Å². The molecule has 0 radical (unpaired) electrons. The van der Waals surface area contributed by atoms with Crippen molar-refractivity contribution in [2.24, 2.45) is 0 Å². The molecular formula is C11H15ClN2O5. The molecule has 1 aromatic rings. The van der Waals surface area contributed by atoms with E-state index in [4.69, 9.17) is 14.9 Å². The Morgan fingerprint density at radius 3 is 2.68 bits per heavy atom. The topological polar surface area (TPSA) is 106 Å². The molecule has 0 saturated heterocycles. The highest BCUT2D eigenvalue weighted by molar-refractivity contribution is 5.85. The maximum absolute atomic E-state index is 10.9. The first-order chi connectivity index (χ1) is 8.52. The summed E-state index contributed by atoms with van der Waals surface area (Å²) in [6.45, 7) is 1.84. The van der Waals surface area contributed by atoms with E-state index in [-0.39, 0.29) is 36.0 Å². The fourth-order valence-corrected chi connectivity index (χ4v) is 1.51. The molecule has 0 aliphatic carbocycles. The molecule has 2 N–H and O–H groups in total. The number of methoxy groups -OCH3 is 1. The summed E-state index contributed by atoms with van der Waals surface area (Å²) in [7, 11) is 1.33. The fourth-order valence-electron chi connectivity index (χ4n) is 1.51. The predicted molar refractivity (Wildman–Crippen MR) is 71.2 cm³/mol. The predicted octanol–water partition coefficient (Wildman–Crippen LogP) is 2.07. The van der Waals surface area contributed by atoms with Gasteiger partial charge in [0, 0.05) is 6.07 Å². The third-order valence-corrected chi connectivity index (χ3v) is 2.28. The second-order valence-electron chi connectivity index (χ2n) is 3.35. The van der Waals surface area contributed by atoms with Crippen molar-refractivity contribution >= 4 is 24.0 Å². The van der Waals surface area contributed by atoms with Crippen molar-refractivity contribution in [3.8, 4) is 5.75 Å². The van der Waals surface area contributed by atoms with Crippen LogP contribution in [0.4, 0.5) is 5.69 Å². The number of hydrogen-bond acceptors (Lipinski definition) is 6. The minimum absolute atomic E-state index is 0. The number of rotatable bonds is 5. The SMILES string of the molecule is CCOC(=N)C(O)c1c(OC)cccc1[N+](=O)[O-].Cl. The van der Waals surface area contributed by atoms with E-state index in [9.17, 15) is 15.2 Å². The average Bonchev–Trinajstić information content (AvgIpc) is 2.37. The van der Waals surface area contributed by atoms with Crippen LogP contribution in [0.1, 0.15) is 18.6 Å². The molecule has 0 amide bonds. The van der Waals surface area contributed by atoms with Crippen molar-refractivity contribution in [1.82, 2.24) is 0 Å². The zero-order valence-electron chi connectivity index (χ0n) is 10.5. The largest absolute Gasteiger partial charge is 0.496 e. The van der Waals surface area contributed by atoms with Gasteiger partial charge in [-0.3, -0.25) is 15.5 Å². The number of nitro benzene ring substituents is 1. The number of ether oxygens (including phenoxy) is 2. The van der Waals surface area contributed by atoms with E-state index in [0.29, 0.717) is 0 Å². The quantitative estimate of drug-likeness (QED) is 0.374. The lowest BCUT2D eigenvalue weighted by Gasteiger charge is -2.15. The van der Waals surface area contributed by atoms with Crippen LogP contribution in [0, 0.1) is 15.5 Å². The molecule has 1 rings (SSSR count). The van der Waals surface area contributed by atoms with Gasteiger partial charge in [-0.1, -0.05) is 6.07 Å². The normalized spacial score (nSPS) is 11.1. The molecule has 1 unspecified atom stereocenters. The lowest BCUT2D eigenvalue weighted by Crippen LogP contribution is -2.16. The first-order valence-corrected chi connectivity index (χ1v) is 5.23. The highest BCUT2D eigenvalue weighted by Gasteiger charge is 2.28. The molecule has 106 valence electrons. The van der Waals surface area contributed by atoms with Crippen molar-refractivity contribution in [2.45, 2.75) is 13.0 Å². The molecule has 0 aromatic heterocycles. The smallest absolute Gasteiger partial charge is 0.279 e. The molecule has 0 bridgehead atoms. The highest BCUT2D eigenvalue weighted by atomic mass is 35.5. The van der Waals surface area contributed by atoms with Crippen LogP contribution in [-0.2, 0) is 4.74 Å². The van der Waals surface area contributed by atoms with Gasteiger partial charge in [0.25, 0.3) is 5.69 Å². The average molecular weight is 291 g/mol. The Morgan fingerprint density at radius 2 is 2.21 bits per heavy atom. The summed E-state index contributed by atoms with van der Waals surface area (Å²) in [5, 5.41) is 28.3. The fraction of sp³-hybridized carbons (Fsp3) is 0.364. The van der Waals surface area contributed by atoms with Crippen molar-refractivity contribution in [3.63, 3.8) is 0 Å². The maximum Gasteiger partial charge on any atom is 0.279 e. The van der Waals surface area contributed by atoms with E-state index >= 15 is 0 Å². The van der Waals surface area contributed by atoms with E-state index in [0.717, 1.165) is 0 Å². The van der Waals surface area contributed by atoms with Crippen LogP contribution >= 0.6 is 12.4 Å². The summed E-state index contributed by atoms with van der Waals surface area (Å²) in [4.78, 5) is 10.3. The van der Waals surface area contributed by atoms with Crippen molar-refractivity contribution in [1.29, 1.82) is 5.41 Å². The van der Waals surface area contributed by atoms with Gasteiger partial charge in [0.15, 0.2) is 6.10 Å². The molecular weight excluding hydrogens is 276 g/mol. The Hall–Kier alpha value is -1.86. The minimum Gasteiger partial charge on any atom is -0.496 e. The number of hydrogen-bond donors (Lipinski definition) is 2. The van der Waals surface area contributed by atoms with E-state index in [1.54, 1.807) is 6.92 Å². The van der Waals surface area contributed by atoms with E-state index in [2.05, 4.69) is 0 Å². The Balaban J connectivity index is 0.00000324. The van der Waals surface area contributed by atoms with Crippen molar-refractivity contribution < 1.29 is 19.5 Å². The Morgan fingerprint density at radius 1 is 1.58 bits per heavy atom. The molecule has 0 fully saturated rings. The van der Waals surface area contributed by atoms with E-state index in [1.165, 1.54) is 25.3 Å². The van der Waals surface area contributed by atoms with Gasteiger partial charge in [-0.15, -0.1) is 12.4 Å². The van der Waals surface area contributed by atoms with Gasteiger partial charge in [-0.2, -0.15) is 0 Å². The van der Waals surface area contributed by atoms with Gasteiger partial charge in [-0.05, 0) is 13.0 Å². The lowest BCUT2D eigenvalue weighted by atomic mass is 10.1. The second kappa shape index (κ2) is 7.55. The third kappa shape index (κ3) is 3.80. The van der Waals surface area contributed by atoms with Crippen molar-refractivity contribution in [2.75, 3.05) is 13.7 Å². The molecule has 1 aromatic carbocycles. The second-order valence-corrected chi connectivity index (χ2v) is 3.35. The summed E-state index contributed by atoms with van der Waals surface area (Å²) >= 11 is 0. The van der Waals surface area contributed by atoms with Gasteiger partial charge < -0.3 is 14.6 Å². The number of nitrogens with zero attached hydrogens (tertiary/aromatic N) is 1. The molecule has 0 aliphatic heterocycles. The zero-order valence-corrected chi connectivity index (χ0v) is 11.3. The highest BCUT2D eigenvalue weighted by Crippen LogP contribution is 2.34. The molecule has 8 heteroatoms. The summed E-state index contributed by atoms with van der Waals surface area (Å²) in [6, 6.07) is 4.16. The zero-order chi connectivity index (χ0) is 13.7. The molecule has 19 heavy (non-hydrogen) atoms. The number of aliphatic hydroxyl groups excluding tert-OH is 1. The number of halogens is 1. The summed E-state index contributed by atoms with van der Waals surface area (Å²) in [5.41, 5.74) is -0.394. The van der Waals surface area contributed by atoms with Crippen LogP contribution in [0.5, 0.6) is 5.75 Å². The van der Waals surface area contributed by atoms with Crippen LogP contribution in [0.3, 0.4) is 0 Å². The molecule has 0 heterocycles. The lowest BCUT2D eigenvalue weighted by molar-refractivity contribution is -0.386. The standard InChI is InChI=1S/C11H14N2O5.ClH/c1-3-18-11(12)10(14)9-7(13(15)16)5-4-6-8(9)17-2;/h4-6,10,12,14H,3H2,1-2H3;1H. The third-order valence-electron chi connectivity index (χ3n) is 2.28. The molecule has 1 atom stereocenters. The maximum atomic E-state index is 10.9. The monoisotopic (exact) mass is 290 g/mol. The number of nitrogens with one attached hydrogen (secondary N) is 1. The molecule has 0 aliphatic rings. The van der Waals surface area contributed by atoms with Crippen LogP contribution in [-0.4, -0.2) is 29.6 Å². The Kier molecular flexibility index (Phi) is 6.81. The molecule has 0 spiro atoms. The number of aliphatic hydroxyl groups is 1. The van der Waals surface area contributed by atoms with Crippen LogP contribution in [0.2, 0.25) is 0 Å². The first kappa shape index (κ1) is 17.1. The van der Waals surface area contributed by atoms with E-state index in [1.807, 2.05) is 0 Å². The molecule has 0 saturated carbocycles. The molecule has 7 nitrogen and oxygen atoms in total. The summed E-state index contributed by atoms with van der Waals surface area (Å²) < 4.78 is 9.82. The van der Waals surface area contributed by atoms with E-state index < -0.39 is 16.9 Å². The Bertz CT molecular complexity index is 466. The number of benzene rings is 1. The minimum atomic E-state index is -1.53. The summed E-state index contributed by atoms with van der Waals surface area (Å²) in [6.07, 6.45) is -1.53. The summed E-state index contributed by atoms with van der Waals surface area (Å²) in [5.74, 6) is -0.314. The van der Waals surface area contributed by atoms with Crippen LogP contribution in [0.15, 0.2) is 18.2 Å². The first-order valence-electron chi connectivity index (χ1n) is 5.23.